The lowest BCUT2D eigenvalue weighted by Crippen LogP contribution is -2.21. The fourth-order valence-electron chi connectivity index (χ4n) is 3.88. The topological polar surface area (TPSA) is 12.0 Å². The van der Waals surface area contributed by atoms with Crippen molar-refractivity contribution in [2.75, 3.05) is 6.54 Å². The first-order valence-corrected chi connectivity index (χ1v) is 8.58. The summed E-state index contributed by atoms with van der Waals surface area (Å²) in [6, 6.07) is 0.894. The molecular formula is C17H33N. The van der Waals surface area contributed by atoms with Crippen LogP contribution in [-0.4, -0.2) is 12.6 Å². The Balaban J connectivity index is 1.61. The van der Waals surface area contributed by atoms with Gasteiger partial charge < -0.3 is 5.32 Å². The van der Waals surface area contributed by atoms with Crippen LogP contribution in [-0.2, 0) is 0 Å². The van der Waals surface area contributed by atoms with Gasteiger partial charge in [0.25, 0.3) is 0 Å². The summed E-state index contributed by atoms with van der Waals surface area (Å²) >= 11 is 0. The normalized spacial score (nSPS) is 36.3. The van der Waals surface area contributed by atoms with Crippen LogP contribution in [0.5, 0.6) is 0 Å². The summed E-state index contributed by atoms with van der Waals surface area (Å²) < 4.78 is 0. The SMILES string of the molecule is CCCCCNC1C[C@@H]1[C@H]1CCCC(CC)CC1. The molecular weight excluding hydrogens is 218 g/mol. The van der Waals surface area contributed by atoms with Crippen LogP contribution in [0, 0.1) is 17.8 Å². The maximum atomic E-state index is 3.78. The molecule has 0 bridgehead atoms. The van der Waals surface area contributed by atoms with Gasteiger partial charge in [-0.3, -0.25) is 0 Å². The molecule has 2 saturated carbocycles. The predicted molar refractivity (Wildman–Crippen MR) is 79.8 cm³/mol. The van der Waals surface area contributed by atoms with Gasteiger partial charge in [0.1, 0.15) is 0 Å². The van der Waals surface area contributed by atoms with Crippen LogP contribution in [0.4, 0.5) is 0 Å². The largest absolute Gasteiger partial charge is 0.314 e. The number of hydrogen-bond acceptors (Lipinski definition) is 1. The third-order valence-electron chi connectivity index (χ3n) is 5.34. The molecule has 2 aliphatic carbocycles. The van der Waals surface area contributed by atoms with Crippen molar-refractivity contribution in [1.29, 1.82) is 0 Å². The second-order valence-electron chi connectivity index (χ2n) is 6.71. The van der Waals surface area contributed by atoms with Crippen LogP contribution < -0.4 is 5.32 Å². The Morgan fingerprint density at radius 3 is 2.67 bits per heavy atom. The minimum absolute atomic E-state index is 0.894. The Bertz CT molecular complexity index is 226. The molecule has 0 aliphatic heterocycles. The first-order valence-electron chi connectivity index (χ1n) is 8.58. The molecule has 106 valence electrons. The van der Waals surface area contributed by atoms with Gasteiger partial charge in [-0.25, -0.2) is 0 Å². The monoisotopic (exact) mass is 251 g/mol. The molecule has 0 spiro atoms. The van der Waals surface area contributed by atoms with E-state index in [0.717, 1.165) is 23.8 Å². The average Bonchev–Trinajstić information content (AvgIpc) is 3.17. The second-order valence-corrected chi connectivity index (χ2v) is 6.71. The van der Waals surface area contributed by atoms with Crippen LogP contribution in [0.25, 0.3) is 0 Å². The summed E-state index contributed by atoms with van der Waals surface area (Å²) in [5, 5.41) is 3.78. The number of unbranched alkanes of at least 4 members (excludes halogenated alkanes) is 2. The van der Waals surface area contributed by atoms with E-state index in [0.29, 0.717) is 0 Å². The van der Waals surface area contributed by atoms with Crippen molar-refractivity contribution in [2.45, 2.75) is 84.1 Å². The maximum Gasteiger partial charge on any atom is 0.0102 e. The van der Waals surface area contributed by atoms with Crippen LogP contribution >= 0.6 is 0 Å². The van der Waals surface area contributed by atoms with E-state index in [1.165, 1.54) is 70.8 Å². The Kier molecular flexibility index (Phi) is 6.01. The molecule has 0 heterocycles. The molecule has 4 atom stereocenters. The van der Waals surface area contributed by atoms with Gasteiger partial charge in [0.15, 0.2) is 0 Å². The zero-order valence-electron chi connectivity index (χ0n) is 12.6. The molecule has 2 rings (SSSR count). The summed E-state index contributed by atoms with van der Waals surface area (Å²) in [7, 11) is 0. The summed E-state index contributed by atoms with van der Waals surface area (Å²) in [6.07, 6.45) is 14.6. The van der Waals surface area contributed by atoms with Crippen molar-refractivity contribution in [3.05, 3.63) is 0 Å². The molecule has 1 nitrogen and oxygen atoms in total. The molecule has 0 amide bonds. The fourth-order valence-corrected chi connectivity index (χ4v) is 3.88. The lowest BCUT2D eigenvalue weighted by atomic mass is 9.93. The maximum absolute atomic E-state index is 3.78. The first kappa shape index (κ1) is 14.4. The zero-order valence-corrected chi connectivity index (χ0v) is 12.6. The standard InChI is InChI=1S/C17H33N/c1-3-5-6-12-18-17-13-16(17)15-9-7-8-14(4-2)10-11-15/h14-18H,3-13H2,1-2H3/t14?,15-,16+,17?/m0/s1. The van der Waals surface area contributed by atoms with E-state index >= 15 is 0 Å². The Hall–Kier alpha value is -0.0400. The third kappa shape index (κ3) is 4.26. The number of nitrogens with one attached hydrogen (secondary N) is 1. The molecule has 2 unspecified atom stereocenters. The van der Waals surface area contributed by atoms with Crippen molar-refractivity contribution in [3.8, 4) is 0 Å². The highest BCUT2D eigenvalue weighted by Gasteiger charge is 2.42. The summed E-state index contributed by atoms with van der Waals surface area (Å²) in [4.78, 5) is 0. The van der Waals surface area contributed by atoms with Gasteiger partial charge in [-0.2, -0.15) is 0 Å². The highest BCUT2D eigenvalue weighted by molar-refractivity contribution is 4.97. The molecule has 2 fully saturated rings. The van der Waals surface area contributed by atoms with Crippen LogP contribution in [0.3, 0.4) is 0 Å². The predicted octanol–water partition coefficient (Wildman–Crippen LogP) is 4.76. The molecule has 0 aromatic heterocycles. The molecule has 2 aliphatic rings. The molecule has 0 aromatic carbocycles. The van der Waals surface area contributed by atoms with Gasteiger partial charge in [0.2, 0.25) is 0 Å². The van der Waals surface area contributed by atoms with E-state index in [9.17, 15) is 0 Å². The quantitative estimate of drug-likeness (QED) is 0.508. The van der Waals surface area contributed by atoms with Crippen LogP contribution in [0.1, 0.15) is 78.1 Å². The molecule has 1 heteroatoms. The summed E-state index contributed by atoms with van der Waals surface area (Å²) in [6.45, 7) is 5.93. The highest BCUT2D eigenvalue weighted by Crippen LogP contribution is 2.44. The zero-order chi connectivity index (χ0) is 12.8. The number of hydrogen-bond donors (Lipinski definition) is 1. The fraction of sp³-hybridized carbons (Fsp3) is 1.00. The van der Waals surface area contributed by atoms with Crippen LogP contribution in [0.15, 0.2) is 0 Å². The smallest absolute Gasteiger partial charge is 0.0102 e. The van der Waals surface area contributed by atoms with Crippen molar-refractivity contribution < 1.29 is 0 Å². The third-order valence-corrected chi connectivity index (χ3v) is 5.34. The molecule has 18 heavy (non-hydrogen) atoms. The summed E-state index contributed by atoms with van der Waals surface area (Å²) in [5.41, 5.74) is 0. The van der Waals surface area contributed by atoms with E-state index in [-0.39, 0.29) is 0 Å². The molecule has 0 saturated heterocycles. The van der Waals surface area contributed by atoms with Gasteiger partial charge in [0, 0.05) is 6.04 Å². The lowest BCUT2D eigenvalue weighted by molar-refractivity contribution is 0.375. The minimum atomic E-state index is 0.894. The lowest BCUT2D eigenvalue weighted by Gasteiger charge is -2.14. The molecule has 0 radical (unpaired) electrons. The Morgan fingerprint density at radius 2 is 1.89 bits per heavy atom. The average molecular weight is 251 g/mol. The summed E-state index contributed by atoms with van der Waals surface area (Å²) in [5.74, 6) is 3.15. The molecule has 0 aromatic rings. The van der Waals surface area contributed by atoms with Crippen molar-refractivity contribution in [1.82, 2.24) is 5.32 Å². The van der Waals surface area contributed by atoms with E-state index in [1.54, 1.807) is 0 Å². The van der Waals surface area contributed by atoms with Gasteiger partial charge in [-0.05, 0) is 43.6 Å². The highest BCUT2D eigenvalue weighted by atomic mass is 15.0. The Labute approximate surface area is 114 Å². The van der Waals surface area contributed by atoms with Gasteiger partial charge >= 0.3 is 0 Å². The van der Waals surface area contributed by atoms with Crippen LogP contribution in [0.2, 0.25) is 0 Å². The minimum Gasteiger partial charge on any atom is -0.314 e. The van der Waals surface area contributed by atoms with E-state index in [1.807, 2.05) is 0 Å². The molecule has 1 N–H and O–H groups in total. The van der Waals surface area contributed by atoms with Crippen molar-refractivity contribution in [2.24, 2.45) is 17.8 Å². The van der Waals surface area contributed by atoms with Gasteiger partial charge in [0.05, 0.1) is 0 Å². The van der Waals surface area contributed by atoms with E-state index in [4.69, 9.17) is 0 Å². The van der Waals surface area contributed by atoms with E-state index < -0.39 is 0 Å². The van der Waals surface area contributed by atoms with E-state index in [2.05, 4.69) is 19.2 Å². The van der Waals surface area contributed by atoms with Gasteiger partial charge in [-0.15, -0.1) is 0 Å². The van der Waals surface area contributed by atoms with Crippen molar-refractivity contribution in [3.63, 3.8) is 0 Å². The Morgan fingerprint density at radius 1 is 1.00 bits per heavy atom. The first-order chi connectivity index (χ1) is 8.85. The second kappa shape index (κ2) is 7.53. The number of rotatable bonds is 7. The van der Waals surface area contributed by atoms with Crippen molar-refractivity contribution >= 4 is 0 Å². The van der Waals surface area contributed by atoms with Gasteiger partial charge in [-0.1, -0.05) is 58.8 Å².